The summed E-state index contributed by atoms with van der Waals surface area (Å²) in [5.74, 6) is 0.205. The lowest BCUT2D eigenvalue weighted by atomic mass is 10.1. The minimum atomic E-state index is -0.362. The second-order valence-electron chi connectivity index (χ2n) is 5.53. The zero-order chi connectivity index (χ0) is 19.8. The first-order chi connectivity index (χ1) is 12.9. The Morgan fingerprint density at radius 3 is 2.56 bits per heavy atom. The fraction of sp³-hybridized carbons (Fsp3) is 0.211. The van der Waals surface area contributed by atoms with Crippen molar-refractivity contribution in [2.45, 2.75) is 6.92 Å². The van der Waals surface area contributed by atoms with Gasteiger partial charge in [-0.25, -0.2) is 0 Å². The molecule has 0 unspecified atom stereocenters. The number of benzene rings is 2. The Morgan fingerprint density at radius 2 is 1.89 bits per heavy atom. The number of hydrogen-bond acceptors (Lipinski definition) is 5. The molecule has 6 nitrogen and oxygen atoms in total. The summed E-state index contributed by atoms with van der Waals surface area (Å²) < 4.78 is 11.1. The monoisotopic (exact) mass is 450 g/mol. The number of carbonyl (C=O) groups is 2. The molecule has 0 aliphatic heterocycles. The fourth-order valence-electron chi connectivity index (χ4n) is 2.15. The van der Waals surface area contributed by atoms with Crippen molar-refractivity contribution in [1.82, 2.24) is 5.32 Å². The zero-order valence-electron chi connectivity index (χ0n) is 14.9. The third-order valence-corrected chi connectivity index (χ3v) is 4.32. The maximum atomic E-state index is 12.4. The van der Waals surface area contributed by atoms with E-state index in [4.69, 9.17) is 21.7 Å². The van der Waals surface area contributed by atoms with E-state index in [2.05, 4.69) is 26.6 Å². The molecule has 2 aromatic rings. The van der Waals surface area contributed by atoms with E-state index < -0.39 is 0 Å². The van der Waals surface area contributed by atoms with Crippen LogP contribution in [0.5, 0.6) is 5.75 Å². The highest BCUT2D eigenvalue weighted by Gasteiger charge is 2.11. The summed E-state index contributed by atoms with van der Waals surface area (Å²) in [6.45, 7) is 2.37. The molecule has 0 radical (unpaired) electrons. The number of halogens is 1. The molecule has 27 heavy (non-hydrogen) atoms. The average Bonchev–Trinajstić information content (AvgIpc) is 2.63. The number of amides is 1. The van der Waals surface area contributed by atoms with Crippen LogP contribution >= 0.6 is 28.1 Å². The smallest absolute Gasteiger partial charge is 0.257 e. The molecule has 0 heterocycles. The van der Waals surface area contributed by atoms with Crippen LogP contribution in [0.3, 0.4) is 0 Å². The van der Waals surface area contributed by atoms with E-state index in [1.807, 2.05) is 0 Å². The lowest BCUT2D eigenvalue weighted by Gasteiger charge is -2.12. The van der Waals surface area contributed by atoms with Gasteiger partial charge >= 0.3 is 0 Å². The van der Waals surface area contributed by atoms with Gasteiger partial charge < -0.3 is 14.8 Å². The Balaban J connectivity index is 1.98. The molecule has 2 rings (SSSR count). The molecule has 0 saturated carbocycles. The number of rotatable bonds is 7. The van der Waals surface area contributed by atoms with Crippen LogP contribution < -0.4 is 15.4 Å². The van der Waals surface area contributed by atoms with Crippen molar-refractivity contribution in [2.75, 3.05) is 25.6 Å². The summed E-state index contributed by atoms with van der Waals surface area (Å²) in [4.78, 5) is 23.8. The van der Waals surface area contributed by atoms with Crippen molar-refractivity contribution < 1.29 is 19.1 Å². The molecule has 0 aromatic heterocycles. The van der Waals surface area contributed by atoms with Gasteiger partial charge in [0.25, 0.3) is 5.91 Å². The number of methoxy groups -OCH3 is 1. The molecule has 0 fully saturated rings. The number of thiocarbonyl (C=S) groups is 1. The maximum absolute atomic E-state index is 12.4. The van der Waals surface area contributed by atoms with Crippen LogP contribution in [-0.4, -0.2) is 37.1 Å². The Labute approximate surface area is 171 Å². The van der Waals surface area contributed by atoms with Gasteiger partial charge in [0.05, 0.1) is 11.1 Å². The molecular formula is C19H19BrN2O4S. The van der Waals surface area contributed by atoms with E-state index in [1.165, 1.54) is 6.92 Å². The molecule has 8 heteroatoms. The second-order valence-corrected chi connectivity index (χ2v) is 6.79. The third kappa shape index (κ3) is 6.42. The molecule has 0 bridgehead atoms. The molecular weight excluding hydrogens is 432 g/mol. The first-order valence-electron chi connectivity index (χ1n) is 8.05. The quantitative estimate of drug-likeness (QED) is 0.379. The van der Waals surface area contributed by atoms with Crippen molar-refractivity contribution in [2.24, 2.45) is 0 Å². The fourth-order valence-corrected chi connectivity index (χ4v) is 2.85. The van der Waals surface area contributed by atoms with Gasteiger partial charge in [0, 0.05) is 23.9 Å². The summed E-state index contributed by atoms with van der Waals surface area (Å²) in [5, 5.41) is 5.64. The first-order valence-corrected chi connectivity index (χ1v) is 9.25. The molecule has 0 saturated heterocycles. The number of hydrogen-bond donors (Lipinski definition) is 2. The van der Waals surface area contributed by atoms with E-state index >= 15 is 0 Å². The van der Waals surface area contributed by atoms with Crippen LogP contribution in [0.2, 0.25) is 0 Å². The normalized spacial score (nSPS) is 10.2. The van der Waals surface area contributed by atoms with Gasteiger partial charge in [-0.1, -0.05) is 12.1 Å². The van der Waals surface area contributed by atoms with Crippen molar-refractivity contribution >= 4 is 50.6 Å². The Hall–Kier alpha value is -2.29. The summed E-state index contributed by atoms with van der Waals surface area (Å²) in [6.07, 6.45) is 0. The van der Waals surface area contributed by atoms with Crippen LogP contribution in [0.1, 0.15) is 27.6 Å². The number of Topliss-reactive ketones (excluding diaryl/α,β-unsaturated/α-hetero) is 1. The molecule has 2 aromatic carbocycles. The summed E-state index contributed by atoms with van der Waals surface area (Å²) in [6, 6.07) is 11.9. The largest absolute Gasteiger partial charge is 0.490 e. The van der Waals surface area contributed by atoms with Gasteiger partial charge in [0.1, 0.15) is 12.4 Å². The minimum absolute atomic E-state index is 0.0498. The lowest BCUT2D eigenvalue weighted by molar-refractivity contribution is 0.0975. The molecule has 0 atom stereocenters. The molecule has 0 spiro atoms. The summed E-state index contributed by atoms with van der Waals surface area (Å²) in [5.41, 5.74) is 1.60. The van der Waals surface area contributed by atoms with Crippen molar-refractivity contribution in [3.05, 3.63) is 58.1 Å². The SMILES string of the molecule is COCCOc1ccc(C(=O)NC(=S)Nc2cccc(C(C)=O)c2)cc1Br. The van der Waals surface area contributed by atoms with Gasteiger partial charge in [0.15, 0.2) is 10.9 Å². The number of ketones is 1. The van der Waals surface area contributed by atoms with Gasteiger partial charge in [-0.15, -0.1) is 0 Å². The molecule has 0 aliphatic carbocycles. The van der Waals surface area contributed by atoms with Gasteiger partial charge in [0.2, 0.25) is 0 Å². The van der Waals surface area contributed by atoms with E-state index in [0.717, 1.165) is 0 Å². The summed E-state index contributed by atoms with van der Waals surface area (Å²) in [7, 11) is 1.60. The number of nitrogens with one attached hydrogen (secondary N) is 2. The second kappa shape index (κ2) is 10.1. The van der Waals surface area contributed by atoms with Crippen molar-refractivity contribution in [3.8, 4) is 5.75 Å². The highest BCUT2D eigenvalue weighted by Crippen LogP contribution is 2.26. The zero-order valence-corrected chi connectivity index (χ0v) is 17.3. The number of ether oxygens (including phenoxy) is 2. The van der Waals surface area contributed by atoms with E-state index in [0.29, 0.717) is 40.3 Å². The minimum Gasteiger partial charge on any atom is -0.490 e. The van der Waals surface area contributed by atoms with Crippen LogP contribution in [0.4, 0.5) is 5.69 Å². The third-order valence-electron chi connectivity index (χ3n) is 3.49. The van der Waals surface area contributed by atoms with Crippen LogP contribution in [0, 0.1) is 0 Å². The van der Waals surface area contributed by atoms with E-state index in [9.17, 15) is 9.59 Å². The Morgan fingerprint density at radius 1 is 1.11 bits per heavy atom. The molecule has 2 N–H and O–H groups in total. The Kier molecular flexibility index (Phi) is 7.90. The standard InChI is InChI=1S/C19H19BrN2O4S/c1-12(23)13-4-3-5-15(10-13)21-19(27)22-18(24)14-6-7-17(16(20)11-14)26-9-8-25-2/h3-7,10-11H,8-9H2,1-2H3,(H2,21,22,24,27). The van der Waals surface area contributed by atoms with Crippen molar-refractivity contribution in [3.63, 3.8) is 0 Å². The molecule has 142 valence electrons. The maximum Gasteiger partial charge on any atom is 0.257 e. The highest BCUT2D eigenvalue weighted by molar-refractivity contribution is 9.10. The average molecular weight is 451 g/mol. The first kappa shape index (κ1) is 21.0. The van der Waals surface area contributed by atoms with Crippen LogP contribution in [0.25, 0.3) is 0 Å². The van der Waals surface area contributed by atoms with Crippen molar-refractivity contribution in [1.29, 1.82) is 0 Å². The number of carbonyl (C=O) groups excluding carboxylic acids is 2. The lowest BCUT2D eigenvalue weighted by Crippen LogP contribution is -2.34. The van der Waals surface area contributed by atoms with Gasteiger partial charge in [-0.05, 0) is 65.4 Å². The van der Waals surface area contributed by atoms with Gasteiger partial charge in [-0.2, -0.15) is 0 Å². The summed E-state index contributed by atoms with van der Waals surface area (Å²) >= 11 is 8.56. The van der Waals surface area contributed by atoms with Crippen LogP contribution in [-0.2, 0) is 4.74 Å². The van der Waals surface area contributed by atoms with Crippen LogP contribution in [0.15, 0.2) is 46.9 Å². The molecule has 1 amide bonds. The van der Waals surface area contributed by atoms with Gasteiger partial charge in [-0.3, -0.25) is 14.9 Å². The predicted molar refractivity (Wildman–Crippen MR) is 112 cm³/mol. The topological polar surface area (TPSA) is 76.7 Å². The Bertz CT molecular complexity index is 857. The predicted octanol–water partition coefficient (Wildman–Crippen LogP) is 3.80. The van der Waals surface area contributed by atoms with E-state index in [-0.39, 0.29) is 16.8 Å². The number of anilines is 1. The van der Waals surface area contributed by atoms with E-state index in [1.54, 1.807) is 49.6 Å². The molecule has 0 aliphatic rings. The highest BCUT2D eigenvalue weighted by atomic mass is 79.9.